The van der Waals surface area contributed by atoms with Crippen LogP contribution in [0.5, 0.6) is 0 Å². The first kappa shape index (κ1) is 28.3. The number of aryl methyl sites for hydroxylation is 1. The highest BCUT2D eigenvalue weighted by molar-refractivity contribution is 7.89. The van der Waals surface area contributed by atoms with Crippen molar-refractivity contribution in [1.82, 2.24) is 14.1 Å². The fraction of sp³-hybridized carbons (Fsp3) is 0.778. The first-order chi connectivity index (χ1) is 17.2. The topological polar surface area (TPSA) is 84.3 Å². The Morgan fingerprint density at radius 1 is 1.19 bits per heavy atom. The van der Waals surface area contributed by atoms with Gasteiger partial charge in [-0.15, -0.1) is 0 Å². The highest BCUT2D eigenvalue weighted by Crippen LogP contribution is 2.57. The van der Waals surface area contributed by atoms with Crippen molar-refractivity contribution in [3.63, 3.8) is 0 Å². The number of rotatable bonds is 11. The van der Waals surface area contributed by atoms with E-state index in [0.29, 0.717) is 24.0 Å². The number of piperidine rings is 1. The Labute approximate surface area is 222 Å². The lowest BCUT2D eigenvalue weighted by Gasteiger charge is -2.42. The normalized spacial score (nSPS) is 26.9. The Bertz CT molecular complexity index is 997. The van der Waals surface area contributed by atoms with Crippen molar-refractivity contribution < 1.29 is 18.6 Å². The van der Waals surface area contributed by atoms with Gasteiger partial charge in [0.15, 0.2) is 0 Å². The molecule has 4 atom stereocenters. The molecule has 1 aliphatic carbocycles. The molecule has 204 valence electrons. The molecule has 1 saturated carbocycles. The monoisotopic (exact) mass is 541 g/mol. The fourth-order valence-electron chi connectivity index (χ4n) is 6.64. The van der Waals surface area contributed by atoms with Gasteiger partial charge in [0, 0.05) is 41.7 Å². The van der Waals surface area contributed by atoms with Gasteiger partial charge >= 0.3 is 0 Å². The summed E-state index contributed by atoms with van der Waals surface area (Å²) in [7, 11) is -3.77. The van der Waals surface area contributed by atoms with Crippen molar-refractivity contribution in [1.29, 1.82) is 0 Å². The second-order valence-corrected chi connectivity index (χ2v) is 13.3. The molecule has 3 aliphatic rings. The van der Waals surface area contributed by atoms with Crippen molar-refractivity contribution >= 4 is 21.6 Å². The summed E-state index contributed by atoms with van der Waals surface area (Å²) in [4.78, 5) is 4.85. The third-order valence-electron chi connectivity index (χ3n) is 8.83. The summed E-state index contributed by atoms with van der Waals surface area (Å²) in [6.45, 7) is 9.00. The molecular weight excluding hydrogens is 498 g/mol. The zero-order valence-corrected chi connectivity index (χ0v) is 23.6. The van der Waals surface area contributed by atoms with Crippen LogP contribution in [-0.2, 0) is 10.0 Å². The maximum atomic E-state index is 13.9. The Kier molecular flexibility index (Phi) is 9.08. The van der Waals surface area contributed by atoms with Gasteiger partial charge in [-0.05, 0) is 82.3 Å². The fourth-order valence-corrected chi connectivity index (χ4v) is 8.59. The molecule has 0 bridgehead atoms. The number of halogens is 1. The van der Waals surface area contributed by atoms with E-state index in [9.17, 15) is 18.6 Å². The first-order valence-electron chi connectivity index (χ1n) is 13.8. The lowest BCUT2D eigenvalue weighted by atomic mass is 9.89. The SMILES string of the molecule is CCC[C@@H](N(CC)S(=O)(=O)c1ccc(Cl)c(C)c1)C1(C(O)N2C[C@@H](N3CCCCC3)CC2CO)CC1. The number of aliphatic hydroxyl groups is 2. The number of likely N-dealkylation sites (tertiary alicyclic amines) is 2. The molecule has 2 unspecified atom stereocenters. The third-order valence-corrected chi connectivity index (χ3v) is 11.2. The molecule has 4 rings (SSSR count). The van der Waals surface area contributed by atoms with Gasteiger partial charge < -0.3 is 10.2 Å². The van der Waals surface area contributed by atoms with Gasteiger partial charge in [-0.2, -0.15) is 4.31 Å². The first-order valence-corrected chi connectivity index (χ1v) is 15.6. The molecule has 9 heteroatoms. The van der Waals surface area contributed by atoms with E-state index in [4.69, 9.17) is 11.6 Å². The molecule has 36 heavy (non-hydrogen) atoms. The van der Waals surface area contributed by atoms with Gasteiger partial charge in [0.1, 0.15) is 6.23 Å². The Morgan fingerprint density at radius 3 is 2.44 bits per heavy atom. The van der Waals surface area contributed by atoms with Crippen molar-refractivity contribution in [2.24, 2.45) is 5.41 Å². The van der Waals surface area contributed by atoms with Crippen LogP contribution in [0.3, 0.4) is 0 Å². The Balaban J connectivity index is 1.60. The van der Waals surface area contributed by atoms with Crippen LogP contribution in [0, 0.1) is 12.3 Å². The van der Waals surface area contributed by atoms with Crippen molar-refractivity contribution in [2.45, 2.75) is 101 Å². The van der Waals surface area contributed by atoms with Gasteiger partial charge in [-0.25, -0.2) is 8.42 Å². The van der Waals surface area contributed by atoms with Gasteiger partial charge in [0.2, 0.25) is 10.0 Å². The maximum absolute atomic E-state index is 13.9. The predicted molar refractivity (Wildman–Crippen MR) is 144 cm³/mol. The number of nitrogens with zero attached hydrogens (tertiary/aromatic N) is 3. The van der Waals surface area contributed by atoms with Gasteiger partial charge in [-0.3, -0.25) is 9.80 Å². The van der Waals surface area contributed by atoms with Crippen molar-refractivity contribution in [2.75, 3.05) is 32.8 Å². The zero-order chi connectivity index (χ0) is 26.1. The number of hydrogen-bond donors (Lipinski definition) is 2. The summed E-state index contributed by atoms with van der Waals surface area (Å²) in [5, 5.41) is 22.6. The van der Waals surface area contributed by atoms with Crippen LogP contribution in [0.1, 0.15) is 70.8 Å². The molecule has 0 amide bonds. The minimum absolute atomic E-state index is 0.00969. The van der Waals surface area contributed by atoms with Crippen molar-refractivity contribution in [3.05, 3.63) is 28.8 Å². The quantitative estimate of drug-likeness (QED) is 0.443. The van der Waals surface area contributed by atoms with E-state index in [1.165, 1.54) is 19.3 Å². The molecule has 2 N–H and O–H groups in total. The van der Waals surface area contributed by atoms with E-state index in [-0.39, 0.29) is 23.6 Å². The van der Waals surface area contributed by atoms with Crippen LogP contribution in [0.25, 0.3) is 0 Å². The lowest BCUT2D eigenvalue weighted by Crippen LogP contribution is -2.55. The molecule has 1 aromatic carbocycles. The number of hydrogen-bond acceptors (Lipinski definition) is 6. The van der Waals surface area contributed by atoms with Crippen LogP contribution >= 0.6 is 11.6 Å². The summed E-state index contributed by atoms with van der Waals surface area (Å²) in [6, 6.07) is 4.79. The smallest absolute Gasteiger partial charge is 0.243 e. The van der Waals surface area contributed by atoms with E-state index in [1.807, 2.05) is 13.8 Å². The Hall–Kier alpha value is -0.740. The second kappa shape index (κ2) is 11.6. The molecule has 0 radical (unpaired) electrons. The summed E-state index contributed by atoms with van der Waals surface area (Å²) < 4.78 is 29.4. The summed E-state index contributed by atoms with van der Waals surface area (Å²) in [5.74, 6) is 0. The van der Waals surface area contributed by atoms with Gasteiger partial charge in [0.05, 0.1) is 11.5 Å². The minimum Gasteiger partial charge on any atom is -0.395 e. The summed E-state index contributed by atoms with van der Waals surface area (Å²) in [6.07, 6.45) is 6.84. The van der Waals surface area contributed by atoms with Crippen molar-refractivity contribution in [3.8, 4) is 0 Å². The molecule has 0 spiro atoms. The summed E-state index contributed by atoms with van der Waals surface area (Å²) in [5.41, 5.74) is 0.207. The molecular formula is C27H44ClN3O4S. The molecule has 3 fully saturated rings. The van der Waals surface area contributed by atoms with Crippen LogP contribution in [0.4, 0.5) is 0 Å². The molecule has 2 heterocycles. The lowest BCUT2D eigenvalue weighted by molar-refractivity contribution is -0.0879. The highest BCUT2D eigenvalue weighted by Gasteiger charge is 2.60. The minimum atomic E-state index is -3.77. The number of sulfonamides is 1. The zero-order valence-electron chi connectivity index (χ0n) is 22.1. The van der Waals surface area contributed by atoms with Crippen LogP contribution in [-0.4, -0.2) is 89.9 Å². The third kappa shape index (κ3) is 5.37. The molecule has 2 saturated heterocycles. The summed E-state index contributed by atoms with van der Waals surface area (Å²) >= 11 is 6.18. The molecule has 7 nitrogen and oxygen atoms in total. The average Bonchev–Trinajstić information content (AvgIpc) is 3.57. The van der Waals surface area contributed by atoms with E-state index in [0.717, 1.165) is 50.9 Å². The van der Waals surface area contributed by atoms with Crippen LogP contribution < -0.4 is 0 Å². The van der Waals surface area contributed by atoms with Gasteiger partial charge in [0.25, 0.3) is 0 Å². The second-order valence-electron chi connectivity index (χ2n) is 11.1. The number of aliphatic hydroxyl groups excluding tert-OH is 2. The largest absolute Gasteiger partial charge is 0.395 e. The van der Waals surface area contributed by atoms with E-state index >= 15 is 0 Å². The van der Waals surface area contributed by atoms with Crippen LogP contribution in [0.2, 0.25) is 5.02 Å². The molecule has 2 aliphatic heterocycles. The maximum Gasteiger partial charge on any atom is 0.243 e. The molecule has 0 aromatic heterocycles. The van der Waals surface area contributed by atoms with Crippen LogP contribution in [0.15, 0.2) is 23.1 Å². The predicted octanol–water partition coefficient (Wildman–Crippen LogP) is 3.85. The standard InChI is InChI=1S/C27H44ClN3O4S/c1-4-9-25(31(5-2)36(34,35)23-10-11-24(28)20(3)16-23)27(12-13-27)26(33)30-18-21(17-22(30)19-32)29-14-7-6-8-15-29/h10-11,16,21-22,25-26,32-33H,4-9,12-15,17-19H2,1-3H3/t21-,22?,25+,26?/m0/s1. The Morgan fingerprint density at radius 2 is 1.89 bits per heavy atom. The number of benzene rings is 1. The van der Waals surface area contributed by atoms with E-state index in [1.54, 1.807) is 22.5 Å². The molecule has 1 aromatic rings. The van der Waals surface area contributed by atoms with Gasteiger partial charge in [-0.1, -0.05) is 38.3 Å². The highest BCUT2D eigenvalue weighted by atomic mass is 35.5. The van der Waals surface area contributed by atoms with E-state index < -0.39 is 21.7 Å². The average molecular weight is 542 g/mol. The van der Waals surface area contributed by atoms with E-state index in [2.05, 4.69) is 16.7 Å².